The number of aromatic nitrogens is 2. The Bertz CT molecular complexity index is 818. The minimum absolute atomic E-state index is 0.231. The highest BCUT2D eigenvalue weighted by Crippen LogP contribution is 2.55. The van der Waals surface area contributed by atoms with Crippen molar-refractivity contribution in [2.45, 2.75) is 66.7 Å². The van der Waals surface area contributed by atoms with Gasteiger partial charge in [0.1, 0.15) is 0 Å². The van der Waals surface area contributed by atoms with E-state index < -0.39 is 0 Å². The molecule has 1 aromatic heterocycles. The average Bonchev–Trinajstić information content (AvgIpc) is 3.38. The molecule has 2 aromatic rings. The Labute approximate surface area is 178 Å². The average molecular weight is 391 g/mol. The van der Waals surface area contributed by atoms with E-state index in [9.17, 15) is 0 Å². The Hall–Kier alpha value is -2.48. The number of rotatable bonds is 5. The molecule has 0 aliphatic heterocycles. The molecular weight excluding hydrogens is 352 g/mol. The summed E-state index contributed by atoms with van der Waals surface area (Å²) in [6.45, 7) is 18.9. The summed E-state index contributed by atoms with van der Waals surface area (Å²) in [5.74, 6) is 1.49. The number of hydrogen-bond donors (Lipinski definition) is 0. The van der Waals surface area contributed by atoms with Crippen LogP contribution in [0, 0.1) is 5.92 Å². The Kier molecular flexibility index (Phi) is 10.3. The molecule has 1 aliphatic rings. The SMILES string of the molecule is C=C/C(=C\C=C/C)c1ccc(C2(C)CC2C)c(-c2ncccn2)c1.CC.CCC. The summed E-state index contributed by atoms with van der Waals surface area (Å²) in [6.07, 6.45) is 14.1. The van der Waals surface area contributed by atoms with E-state index in [4.69, 9.17) is 0 Å². The Morgan fingerprint density at radius 2 is 1.79 bits per heavy atom. The molecule has 1 fully saturated rings. The maximum Gasteiger partial charge on any atom is 0.159 e. The predicted octanol–water partition coefficient (Wildman–Crippen LogP) is 8.03. The van der Waals surface area contributed by atoms with Gasteiger partial charge in [0.15, 0.2) is 5.82 Å². The first-order valence-electron chi connectivity index (χ1n) is 10.9. The van der Waals surface area contributed by atoms with Gasteiger partial charge in [-0.25, -0.2) is 9.97 Å². The van der Waals surface area contributed by atoms with Crippen molar-refractivity contribution < 1.29 is 0 Å². The van der Waals surface area contributed by atoms with Crippen molar-refractivity contribution in [3.05, 3.63) is 78.7 Å². The molecule has 1 aliphatic carbocycles. The van der Waals surface area contributed by atoms with Crippen molar-refractivity contribution in [2.24, 2.45) is 5.92 Å². The van der Waals surface area contributed by atoms with Crippen LogP contribution in [0.4, 0.5) is 0 Å². The van der Waals surface area contributed by atoms with Crippen LogP contribution in [0.15, 0.2) is 67.5 Å². The standard InChI is InChI=1S/C22H24N2.C3H8.C2H6/c1-5-7-9-17(6-2)18-10-11-20(22(4)15-16(22)3)19(14-18)21-23-12-8-13-24-21;1-3-2;1-2/h5-14,16H,2,15H2,1,3-4H3;3H2,1-2H3;1-2H3/b7-5-,17-9+;;. The maximum atomic E-state index is 4.49. The van der Waals surface area contributed by atoms with Gasteiger partial charge in [0.05, 0.1) is 0 Å². The van der Waals surface area contributed by atoms with Crippen LogP contribution in [0.25, 0.3) is 17.0 Å². The number of hydrogen-bond acceptors (Lipinski definition) is 2. The van der Waals surface area contributed by atoms with Crippen LogP contribution in [-0.4, -0.2) is 9.97 Å². The van der Waals surface area contributed by atoms with Gasteiger partial charge in [0.2, 0.25) is 0 Å². The molecule has 0 bridgehead atoms. The third kappa shape index (κ3) is 6.25. The highest BCUT2D eigenvalue weighted by atomic mass is 14.9. The lowest BCUT2D eigenvalue weighted by molar-refractivity contribution is 0.703. The van der Waals surface area contributed by atoms with Gasteiger partial charge in [-0.1, -0.05) is 91.0 Å². The highest BCUT2D eigenvalue weighted by molar-refractivity contribution is 5.79. The third-order valence-corrected chi connectivity index (χ3v) is 5.12. The molecule has 1 heterocycles. The van der Waals surface area contributed by atoms with Crippen molar-refractivity contribution >= 4 is 5.57 Å². The summed E-state index contributed by atoms with van der Waals surface area (Å²) >= 11 is 0. The molecule has 1 aromatic carbocycles. The van der Waals surface area contributed by atoms with Gasteiger partial charge in [-0.15, -0.1) is 0 Å². The van der Waals surface area contributed by atoms with E-state index in [0.29, 0.717) is 5.92 Å². The zero-order valence-electron chi connectivity index (χ0n) is 19.4. The number of benzene rings is 1. The highest BCUT2D eigenvalue weighted by Gasteiger charge is 2.49. The van der Waals surface area contributed by atoms with Crippen molar-refractivity contribution in [1.82, 2.24) is 9.97 Å². The summed E-state index contributed by atoms with van der Waals surface area (Å²) in [5, 5.41) is 0. The molecule has 0 saturated heterocycles. The molecule has 0 spiro atoms. The molecule has 29 heavy (non-hydrogen) atoms. The normalized spacial score (nSPS) is 20.2. The molecule has 2 atom stereocenters. The topological polar surface area (TPSA) is 25.8 Å². The zero-order valence-corrected chi connectivity index (χ0v) is 19.4. The third-order valence-electron chi connectivity index (χ3n) is 5.12. The van der Waals surface area contributed by atoms with E-state index in [1.807, 2.05) is 57.5 Å². The summed E-state index contributed by atoms with van der Waals surface area (Å²) in [5.41, 5.74) is 4.96. The lowest BCUT2D eigenvalue weighted by atomic mass is 9.88. The van der Waals surface area contributed by atoms with E-state index in [2.05, 4.69) is 68.5 Å². The molecular formula is C27H38N2. The second-order valence-electron chi connectivity index (χ2n) is 7.41. The van der Waals surface area contributed by atoms with E-state index in [1.165, 1.54) is 18.4 Å². The first-order chi connectivity index (χ1) is 14.0. The zero-order chi connectivity index (χ0) is 21.9. The van der Waals surface area contributed by atoms with Crippen LogP contribution in [-0.2, 0) is 5.41 Å². The van der Waals surface area contributed by atoms with Crippen LogP contribution < -0.4 is 0 Å². The monoisotopic (exact) mass is 390 g/mol. The Morgan fingerprint density at radius 1 is 1.21 bits per heavy atom. The lowest BCUT2D eigenvalue weighted by Gasteiger charge is -2.17. The fraction of sp³-hybridized carbons (Fsp3) is 0.407. The molecule has 156 valence electrons. The number of nitrogens with zero attached hydrogens (tertiary/aromatic N) is 2. The molecule has 0 amide bonds. The fourth-order valence-electron chi connectivity index (χ4n) is 3.28. The van der Waals surface area contributed by atoms with Crippen LogP contribution in [0.2, 0.25) is 0 Å². The molecule has 2 unspecified atom stereocenters. The lowest BCUT2D eigenvalue weighted by Crippen LogP contribution is -2.07. The van der Waals surface area contributed by atoms with E-state index in [-0.39, 0.29) is 5.41 Å². The summed E-state index contributed by atoms with van der Waals surface area (Å²) < 4.78 is 0. The summed E-state index contributed by atoms with van der Waals surface area (Å²) in [7, 11) is 0. The molecule has 2 heteroatoms. The minimum atomic E-state index is 0.231. The van der Waals surface area contributed by atoms with Gasteiger partial charge < -0.3 is 0 Å². The van der Waals surface area contributed by atoms with E-state index in [1.54, 1.807) is 0 Å². The molecule has 3 rings (SSSR count). The molecule has 1 saturated carbocycles. The Balaban J connectivity index is 0.000000771. The van der Waals surface area contributed by atoms with E-state index >= 15 is 0 Å². The van der Waals surface area contributed by atoms with Gasteiger partial charge in [0.25, 0.3) is 0 Å². The van der Waals surface area contributed by atoms with Crippen LogP contribution in [0.5, 0.6) is 0 Å². The predicted molar refractivity (Wildman–Crippen MR) is 129 cm³/mol. The molecule has 0 radical (unpaired) electrons. The van der Waals surface area contributed by atoms with Crippen molar-refractivity contribution in [3.63, 3.8) is 0 Å². The minimum Gasteiger partial charge on any atom is -0.237 e. The van der Waals surface area contributed by atoms with Crippen molar-refractivity contribution in [2.75, 3.05) is 0 Å². The van der Waals surface area contributed by atoms with Gasteiger partial charge in [0, 0.05) is 18.0 Å². The quantitative estimate of drug-likeness (QED) is 0.483. The Morgan fingerprint density at radius 3 is 2.28 bits per heavy atom. The van der Waals surface area contributed by atoms with Crippen molar-refractivity contribution in [1.29, 1.82) is 0 Å². The summed E-state index contributed by atoms with van der Waals surface area (Å²) in [6, 6.07) is 8.50. The molecule has 2 nitrogen and oxygen atoms in total. The van der Waals surface area contributed by atoms with Gasteiger partial charge in [-0.2, -0.15) is 0 Å². The van der Waals surface area contributed by atoms with Gasteiger partial charge in [-0.3, -0.25) is 0 Å². The first-order valence-corrected chi connectivity index (χ1v) is 10.9. The summed E-state index contributed by atoms with van der Waals surface area (Å²) in [4.78, 5) is 8.99. The molecule has 0 N–H and O–H groups in total. The van der Waals surface area contributed by atoms with Gasteiger partial charge in [-0.05, 0) is 53.5 Å². The van der Waals surface area contributed by atoms with Crippen molar-refractivity contribution in [3.8, 4) is 11.4 Å². The number of allylic oxidation sites excluding steroid dienone is 5. The first kappa shape index (κ1) is 24.6. The van der Waals surface area contributed by atoms with Crippen LogP contribution >= 0.6 is 0 Å². The van der Waals surface area contributed by atoms with Crippen LogP contribution in [0.3, 0.4) is 0 Å². The van der Waals surface area contributed by atoms with Crippen LogP contribution in [0.1, 0.15) is 72.4 Å². The van der Waals surface area contributed by atoms with Gasteiger partial charge >= 0.3 is 0 Å². The fourth-order valence-corrected chi connectivity index (χ4v) is 3.28. The largest absolute Gasteiger partial charge is 0.237 e. The second kappa shape index (κ2) is 12.2. The van der Waals surface area contributed by atoms with E-state index in [0.717, 1.165) is 22.5 Å². The second-order valence-corrected chi connectivity index (χ2v) is 7.41. The smallest absolute Gasteiger partial charge is 0.159 e. The maximum absolute atomic E-state index is 4.49.